The van der Waals surface area contributed by atoms with Crippen LogP contribution in [0.25, 0.3) is 5.69 Å². The number of hydrogen-bond acceptors (Lipinski definition) is 2. The van der Waals surface area contributed by atoms with Crippen LogP contribution in [0.1, 0.15) is 42.0 Å². The average Bonchev–Trinajstić information content (AvgIpc) is 3.16. The van der Waals surface area contributed by atoms with E-state index in [2.05, 4.69) is 39.3 Å². The van der Waals surface area contributed by atoms with E-state index in [9.17, 15) is 0 Å². The highest BCUT2D eigenvalue weighted by molar-refractivity contribution is 5.44. The number of aromatic nitrogens is 2. The lowest BCUT2D eigenvalue weighted by atomic mass is 9.95. The molecule has 0 unspecified atom stereocenters. The van der Waals surface area contributed by atoms with Gasteiger partial charge in [0.05, 0.1) is 6.33 Å². The quantitative estimate of drug-likeness (QED) is 0.906. The van der Waals surface area contributed by atoms with E-state index in [0.29, 0.717) is 5.92 Å². The lowest BCUT2D eigenvalue weighted by Crippen LogP contribution is -2.27. The first-order chi connectivity index (χ1) is 9.92. The van der Waals surface area contributed by atoms with Crippen LogP contribution in [0.15, 0.2) is 30.7 Å². The Kier molecular flexibility index (Phi) is 3.07. The van der Waals surface area contributed by atoms with Gasteiger partial charge in [0.1, 0.15) is 0 Å². The fourth-order valence-electron chi connectivity index (χ4n) is 3.65. The molecule has 1 aromatic carbocycles. The second-order valence-corrected chi connectivity index (χ2v) is 6.02. The van der Waals surface area contributed by atoms with Gasteiger partial charge < -0.3 is 9.88 Å². The minimum Gasteiger partial charge on any atom is -0.317 e. The van der Waals surface area contributed by atoms with Crippen LogP contribution in [-0.2, 0) is 12.8 Å². The molecule has 1 N–H and O–H groups in total. The molecule has 0 bridgehead atoms. The summed E-state index contributed by atoms with van der Waals surface area (Å²) in [7, 11) is 0. The summed E-state index contributed by atoms with van der Waals surface area (Å²) in [5.41, 5.74) is 5.74. The molecule has 0 spiro atoms. The third-order valence-corrected chi connectivity index (χ3v) is 4.78. The molecule has 1 aliphatic carbocycles. The molecule has 0 atom stereocenters. The maximum atomic E-state index is 4.41. The summed E-state index contributed by atoms with van der Waals surface area (Å²) in [6, 6.07) is 6.94. The first kappa shape index (κ1) is 12.2. The number of hydrogen-bond donors (Lipinski definition) is 1. The van der Waals surface area contributed by atoms with Crippen molar-refractivity contribution < 1.29 is 0 Å². The lowest BCUT2D eigenvalue weighted by Gasteiger charge is -2.23. The molecule has 2 aliphatic rings. The fraction of sp³-hybridized carbons (Fsp3) is 0.471. The van der Waals surface area contributed by atoms with Crippen LogP contribution in [0.5, 0.6) is 0 Å². The Morgan fingerprint density at radius 1 is 1.10 bits per heavy atom. The van der Waals surface area contributed by atoms with E-state index in [-0.39, 0.29) is 0 Å². The molecule has 2 heterocycles. The summed E-state index contributed by atoms with van der Waals surface area (Å²) < 4.78 is 2.30. The van der Waals surface area contributed by atoms with Crippen LogP contribution >= 0.6 is 0 Å². The van der Waals surface area contributed by atoms with Gasteiger partial charge in [-0.25, -0.2) is 4.98 Å². The van der Waals surface area contributed by atoms with Crippen LogP contribution < -0.4 is 5.32 Å². The minimum absolute atomic E-state index is 0.645. The number of rotatable bonds is 2. The van der Waals surface area contributed by atoms with Gasteiger partial charge in [0.15, 0.2) is 0 Å². The van der Waals surface area contributed by atoms with E-state index in [1.807, 2.05) is 6.33 Å². The van der Waals surface area contributed by atoms with Crippen molar-refractivity contribution in [1.82, 2.24) is 14.9 Å². The zero-order valence-electron chi connectivity index (χ0n) is 11.8. The maximum Gasteiger partial charge on any atom is 0.0994 e. The van der Waals surface area contributed by atoms with Gasteiger partial charge in [-0.1, -0.05) is 6.07 Å². The number of nitrogens with zero attached hydrogens (tertiary/aromatic N) is 2. The highest BCUT2D eigenvalue weighted by Crippen LogP contribution is 2.29. The van der Waals surface area contributed by atoms with Crippen molar-refractivity contribution in [2.45, 2.75) is 38.0 Å². The molecular formula is C17H21N3. The maximum absolute atomic E-state index is 4.41. The number of fused-ring (bicyclic) bond motifs is 1. The number of aryl methyl sites for hydroxylation is 2. The average molecular weight is 267 g/mol. The third kappa shape index (κ3) is 2.06. The van der Waals surface area contributed by atoms with Crippen molar-refractivity contribution in [1.29, 1.82) is 0 Å². The van der Waals surface area contributed by atoms with Crippen LogP contribution in [0, 0.1) is 0 Å². The normalized spacial score (nSPS) is 19.2. The van der Waals surface area contributed by atoms with Crippen LogP contribution in [-0.4, -0.2) is 22.6 Å². The zero-order chi connectivity index (χ0) is 13.4. The van der Waals surface area contributed by atoms with Gasteiger partial charge in [-0.15, -0.1) is 0 Å². The number of benzene rings is 1. The summed E-state index contributed by atoms with van der Waals surface area (Å²) in [4.78, 5) is 4.41. The molecule has 20 heavy (non-hydrogen) atoms. The lowest BCUT2D eigenvalue weighted by molar-refractivity contribution is 0.449. The molecule has 0 radical (unpaired) electrons. The van der Waals surface area contributed by atoms with E-state index >= 15 is 0 Å². The number of nitrogens with one attached hydrogen (secondary N) is 1. The SMILES string of the molecule is c1cc2c(cc1-n1cncc1C1CCNCC1)CCC2. The summed E-state index contributed by atoms with van der Waals surface area (Å²) in [5, 5.41) is 3.44. The molecule has 1 saturated heterocycles. The Hall–Kier alpha value is -1.61. The first-order valence-electron chi connectivity index (χ1n) is 7.77. The second kappa shape index (κ2) is 5.06. The third-order valence-electron chi connectivity index (χ3n) is 4.78. The van der Waals surface area contributed by atoms with Gasteiger partial charge in [-0.2, -0.15) is 0 Å². The molecule has 0 saturated carbocycles. The standard InChI is InChI=1S/C17H21N3/c1-2-13-4-5-16(10-15(13)3-1)20-12-19-11-17(20)14-6-8-18-9-7-14/h4-5,10-12,14,18H,1-3,6-9H2. The van der Waals surface area contributed by atoms with Gasteiger partial charge in [0, 0.05) is 23.5 Å². The summed E-state index contributed by atoms with van der Waals surface area (Å²) in [6.45, 7) is 2.25. The molecule has 4 rings (SSSR count). The van der Waals surface area contributed by atoms with Crippen molar-refractivity contribution in [3.8, 4) is 5.69 Å². The van der Waals surface area contributed by atoms with Gasteiger partial charge in [0.2, 0.25) is 0 Å². The van der Waals surface area contributed by atoms with E-state index in [0.717, 1.165) is 13.1 Å². The van der Waals surface area contributed by atoms with Gasteiger partial charge in [-0.3, -0.25) is 0 Å². The molecule has 1 aromatic heterocycles. The Labute approximate surface area is 120 Å². The van der Waals surface area contributed by atoms with Crippen LogP contribution in [0.2, 0.25) is 0 Å². The fourth-order valence-corrected chi connectivity index (χ4v) is 3.65. The molecular weight excluding hydrogens is 246 g/mol. The molecule has 1 fully saturated rings. The van der Waals surface area contributed by atoms with Crippen molar-refractivity contribution in [3.63, 3.8) is 0 Å². The smallest absolute Gasteiger partial charge is 0.0994 e. The Balaban J connectivity index is 1.70. The molecule has 104 valence electrons. The molecule has 0 amide bonds. The predicted octanol–water partition coefficient (Wildman–Crippen LogP) is 2.83. The molecule has 3 heteroatoms. The van der Waals surface area contributed by atoms with E-state index in [4.69, 9.17) is 0 Å². The largest absolute Gasteiger partial charge is 0.317 e. The molecule has 2 aromatic rings. The Morgan fingerprint density at radius 3 is 2.85 bits per heavy atom. The topological polar surface area (TPSA) is 29.9 Å². The zero-order valence-corrected chi connectivity index (χ0v) is 11.8. The summed E-state index contributed by atoms with van der Waals surface area (Å²) in [6.07, 6.45) is 10.3. The Bertz CT molecular complexity index is 608. The van der Waals surface area contributed by atoms with Crippen molar-refractivity contribution in [2.75, 3.05) is 13.1 Å². The van der Waals surface area contributed by atoms with Crippen LogP contribution in [0.3, 0.4) is 0 Å². The highest BCUT2D eigenvalue weighted by Gasteiger charge is 2.20. The van der Waals surface area contributed by atoms with E-state index in [1.54, 1.807) is 0 Å². The van der Waals surface area contributed by atoms with Crippen molar-refractivity contribution >= 4 is 0 Å². The summed E-state index contributed by atoms with van der Waals surface area (Å²) in [5.74, 6) is 0.645. The minimum atomic E-state index is 0.645. The predicted molar refractivity (Wildman–Crippen MR) is 80.4 cm³/mol. The van der Waals surface area contributed by atoms with E-state index < -0.39 is 0 Å². The van der Waals surface area contributed by atoms with Gasteiger partial charge >= 0.3 is 0 Å². The second-order valence-electron chi connectivity index (χ2n) is 6.02. The van der Waals surface area contributed by atoms with Crippen molar-refractivity contribution in [2.24, 2.45) is 0 Å². The van der Waals surface area contributed by atoms with Gasteiger partial charge in [-0.05, 0) is 68.5 Å². The monoisotopic (exact) mass is 267 g/mol. The molecule has 1 aliphatic heterocycles. The van der Waals surface area contributed by atoms with Crippen molar-refractivity contribution in [3.05, 3.63) is 47.5 Å². The van der Waals surface area contributed by atoms with Gasteiger partial charge in [0.25, 0.3) is 0 Å². The number of imidazole rings is 1. The number of piperidine rings is 1. The Morgan fingerprint density at radius 2 is 1.95 bits per heavy atom. The first-order valence-corrected chi connectivity index (χ1v) is 7.77. The summed E-state index contributed by atoms with van der Waals surface area (Å²) >= 11 is 0. The van der Waals surface area contributed by atoms with Crippen LogP contribution in [0.4, 0.5) is 0 Å². The molecule has 3 nitrogen and oxygen atoms in total. The highest BCUT2D eigenvalue weighted by atomic mass is 15.1. The van der Waals surface area contributed by atoms with E-state index in [1.165, 1.54) is 54.6 Å².